The molecule has 70 valence electrons. The Bertz CT molecular complexity index is 146. The number of thioether (sulfide) groups is 2. The van der Waals surface area contributed by atoms with Gasteiger partial charge in [-0.2, -0.15) is 23.5 Å². The molecular weight excluding hydrogens is 190 g/mol. The van der Waals surface area contributed by atoms with Gasteiger partial charge in [0, 0.05) is 6.04 Å². The average molecular weight is 205 g/mol. The Kier molecular flexibility index (Phi) is 4.92. The smallest absolute Gasteiger partial charge is 0.230 e. The van der Waals surface area contributed by atoms with E-state index in [9.17, 15) is 4.79 Å². The van der Waals surface area contributed by atoms with Crippen LogP contribution in [0.5, 0.6) is 0 Å². The fraction of sp³-hybridized carbons (Fsp3) is 0.875. The monoisotopic (exact) mass is 205 g/mol. The molecule has 4 heteroatoms. The van der Waals surface area contributed by atoms with E-state index in [1.807, 2.05) is 18.0 Å². The van der Waals surface area contributed by atoms with Crippen molar-refractivity contribution < 1.29 is 4.79 Å². The lowest BCUT2D eigenvalue weighted by atomic mass is 10.1. The van der Waals surface area contributed by atoms with Gasteiger partial charge >= 0.3 is 0 Å². The zero-order valence-corrected chi connectivity index (χ0v) is 8.97. The lowest BCUT2D eigenvalue weighted by molar-refractivity contribution is -0.119. The highest BCUT2D eigenvalue weighted by Gasteiger charge is 2.14. The van der Waals surface area contributed by atoms with Crippen molar-refractivity contribution in [1.82, 2.24) is 5.32 Å². The Morgan fingerprint density at radius 1 is 1.58 bits per heavy atom. The fourth-order valence-electron chi connectivity index (χ4n) is 1.24. The molecule has 1 aliphatic heterocycles. The lowest BCUT2D eigenvalue weighted by Crippen LogP contribution is -2.38. The minimum absolute atomic E-state index is 0.194. The second-order valence-electron chi connectivity index (χ2n) is 2.89. The van der Waals surface area contributed by atoms with Crippen LogP contribution < -0.4 is 5.32 Å². The number of hydrogen-bond donors (Lipinski definition) is 1. The van der Waals surface area contributed by atoms with Gasteiger partial charge in [-0.25, -0.2) is 0 Å². The zero-order chi connectivity index (χ0) is 8.81. The van der Waals surface area contributed by atoms with E-state index in [0.717, 1.165) is 12.8 Å². The largest absolute Gasteiger partial charge is 0.353 e. The molecule has 0 aliphatic carbocycles. The van der Waals surface area contributed by atoms with Crippen LogP contribution in [0.15, 0.2) is 0 Å². The van der Waals surface area contributed by atoms with E-state index < -0.39 is 0 Å². The summed E-state index contributed by atoms with van der Waals surface area (Å²) in [6.45, 7) is 0. The second kappa shape index (κ2) is 5.75. The molecule has 0 aromatic rings. The lowest BCUT2D eigenvalue weighted by Gasteiger charge is -2.22. The van der Waals surface area contributed by atoms with Gasteiger partial charge in [0.15, 0.2) is 0 Å². The molecule has 0 bridgehead atoms. The first-order valence-electron chi connectivity index (χ1n) is 4.19. The van der Waals surface area contributed by atoms with Crippen LogP contribution in [-0.4, -0.2) is 35.5 Å². The quantitative estimate of drug-likeness (QED) is 0.754. The van der Waals surface area contributed by atoms with Crippen molar-refractivity contribution in [3.05, 3.63) is 0 Å². The van der Waals surface area contributed by atoms with Gasteiger partial charge in [0.05, 0.1) is 5.75 Å². The van der Waals surface area contributed by atoms with Crippen LogP contribution in [0.2, 0.25) is 0 Å². The fourth-order valence-corrected chi connectivity index (χ4v) is 2.69. The Morgan fingerprint density at radius 3 is 2.83 bits per heavy atom. The summed E-state index contributed by atoms with van der Waals surface area (Å²) >= 11 is 3.56. The Morgan fingerprint density at radius 2 is 2.25 bits per heavy atom. The number of rotatable bonds is 3. The standard InChI is InChI=1S/C8H15NOS2/c1-11-6-8(10)9-7-2-4-12-5-3-7/h7H,2-6H2,1H3,(H,9,10). The van der Waals surface area contributed by atoms with Crippen LogP contribution in [0.25, 0.3) is 0 Å². The molecule has 1 saturated heterocycles. The van der Waals surface area contributed by atoms with E-state index in [1.54, 1.807) is 11.8 Å². The molecule has 0 unspecified atom stereocenters. The van der Waals surface area contributed by atoms with Crippen LogP contribution in [0.1, 0.15) is 12.8 Å². The molecule has 0 aromatic carbocycles. The summed E-state index contributed by atoms with van der Waals surface area (Å²) in [4.78, 5) is 11.2. The average Bonchev–Trinajstić information content (AvgIpc) is 2.06. The predicted molar refractivity (Wildman–Crippen MR) is 56.9 cm³/mol. The molecule has 0 atom stereocenters. The van der Waals surface area contributed by atoms with E-state index in [2.05, 4.69) is 5.32 Å². The first-order chi connectivity index (χ1) is 5.83. The van der Waals surface area contributed by atoms with Crippen molar-refractivity contribution in [2.75, 3.05) is 23.5 Å². The zero-order valence-electron chi connectivity index (χ0n) is 7.34. The summed E-state index contributed by atoms with van der Waals surface area (Å²) in [7, 11) is 0. The van der Waals surface area contributed by atoms with Crippen LogP contribution in [0.4, 0.5) is 0 Å². The topological polar surface area (TPSA) is 29.1 Å². The molecule has 1 heterocycles. The molecule has 1 fully saturated rings. The Balaban J connectivity index is 2.15. The number of amides is 1. The number of carbonyl (C=O) groups is 1. The van der Waals surface area contributed by atoms with E-state index >= 15 is 0 Å². The van der Waals surface area contributed by atoms with E-state index in [-0.39, 0.29) is 5.91 Å². The van der Waals surface area contributed by atoms with Gasteiger partial charge in [-0.3, -0.25) is 4.79 Å². The summed E-state index contributed by atoms with van der Waals surface area (Å²) in [5.74, 6) is 3.19. The highest BCUT2D eigenvalue weighted by Crippen LogP contribution is 2.16. The molecule has 1 rings (SSSR count). The van der Waals surface area contributed by atoms with Gasteiger partial charge in [0.2, 0.25) is 5.91 Å². The minimum Gasteiger partial charge on any atom is -0.353 e. The summed E-state index contributed by atoms with van der Waals surface area (Å²) in [6.07, 6.45) is 4.24. The molecule has 0 spiro atoms. The van der Waals surface area contributed by atoms with Crippen LogP contribution in [-0.2, 0) is 4.79 Å². The van der Waals surface area contributed by atoms with E-state index in [0.29, 0.717) is 11.8 Å². The van der Waals surface area contributed by atoms with E-state index in [4.69, 9.17) is 0 Å². The molecule has 2 nitrogen and oxygen atoms in total. The molecule has 1 amide bonds. The first kappa shape index (κ1) is 10.3. The maximum Gasteiger partial charge on any atom is 0.230 e. The Hall–Kier alpha value is 0.170. The van der Waals surface area contributed by atoms with Crippen molar-refractivity contribution in [3.8, 4) is 0 Å². The van der Waals surface area contributed by atoms with Crippen molar-refractivity contribution in [1.29, 1.82) is 0 Å². The van der Waals surface area contributed by atoms with Crippen molar-refractivity contribution in [2.45, 2.75) is 18.9 Å². The highest BCUT2D eigenvalue weighted by molar-refractivity contribution is 7.99. The van der Waals surface area contributed by atoms with Crippen molar-refractivity contribution in [2.24, 2.45) is 0 Å². The van der Waals surface area contributed by atoms with Gasteiger partial charge < -0.3 is 5.32 Å². The second-order valence-corrected chi connectivity index (χ2v) is 4.98. The van der Waals surface area contributed by atoms with Crippen molar-refractivity contribution >= 4 is 29.4 Å². The third-order valence-corrected chi connectivity index (χ3v) is 3.46. The third kappa shape index (κ3) is 3.72. The van der Waals surface area contributed by atoms with Gasteiger partial charge in [-0.1, -0.05) is 0 Å². The highest BCUT2D eigenvalue weighted by atomic mass is 32.2. The molecule has 1 aliphatic rings. The van der Waals surface area contributed by atoms with Crippen molar-refractivity contribution in [3.63, 3.8) is 0 Å². The van der Waals surface area contributed by atoms with Gasteiger partial charge in [-0.15, -0.1) is 0 Å². The normalized spacial score (nSPS) is 19.1. The summed E-state index contributed by atoms with van der Waals surface area (Å²) < 4.78 is 0. The summed E-state index contributed by atoms with van der Waals surface area (Å²) in [5.41, 5.74) is 0. The van der Waals surface area contributed by atoms with Gasteiger partial charge in [-0.05, 0) is 30.6 Å². The predicted octanol–water partition coefficient (Wildman–Crippen LogP) is 1.36. The Labute approximate surface area is 82.2 Å². The van der Waals surface area contributed by atoms with Crippen LogP contribution >= 0.6 is 23.5 Å². The molecule has 0 radical (unpaired) electrons. The van der Waals surface area contributed by atoms with Gasteiger partial charge in [0.1, 0.15) is 0 Å². The maximum absolute atomic E-state index is 11.2. The molecule has 12 heavy (non-hydrogen) atoms. The maximum atomic E-state index is 11.2. The number of hydrogen-bond acceptors (Lipinski definition) is 3. The van der Waals surface area contributed by atoms with E-state index in [1.165, 1.54) is 11.5 Å². The van der Waals surface area contributed by atoms with Crippen LogP contribution in [0.3, 0.4) is 0 Å². The summed E-state index contributed by atoms with van der Waals surface area (Å²) in [6, 6.07) is 0.450. The molecule has 0 saturated carbocycles. The summed E-state index contributed by atoms with van der Waals surface area (Å²) in [5, 5.41) is 3.05. The molecule has 0 aromatic heterocycles. The van der Waals surface area contributed by atoms with Crippen LogP contribution in [0, 0.1) is 0 Å². The molecular formula is C8H15NOS2. The first-order valence-corrected chi connectivity index (χ1v) is 6.74. The SMILES string of the molecule is CSCC(=O)NC1CCSCC1. The minimum atomic E-state index is 0.194. The number of nitrogens with one attached hydrogen (secondary N) is 1. The third-order valence-electron chi connectivity index (χ3n) is 1.86. The molecule has 1 N–H and O–H groups in total. The van der Waals surface area contributed by atoms with Gasteiger partial charge in [0.25, 0.3) is 0 Å². The number of carbonyl (C=O) groups excluding carboxylic acids is 1.